The van der Waals surface area contributed by atoms with E-state index in [0.717, 1.165) is 44.5 Å². The third kappa shape index (κ3) is 2.36. The molecule has 1 fully saturated rings. The van der Waals surface area contributed by atoms with Crippen molar-refractivity contribution in [2.24, 2.45) is 0 Å². The Morgan fingerprint density at radius 2 is 1.42 bits per heavy atom. The molecule has 2 aliphatic heterocycles. The Balaban J connectivity index is 1.44. The Morgan fingerprint density at radius 1 is 0.769 bits per heavy atom. The predicted octanol–water partition coefficient (Wildman–Crippen LogP) is 4.14. The summed E-state index contributed by atoms with van der Waals surface area (Å²) in [4.78, 5) is 29.6. The van der Waals surface area contributed by atoms with Crippen molar-refractivity contribution in [3.63, 3.8) is 0 Å². The summed E-state index contributed by atoms with van der Waals surface area (Å²) in [6, 6.07) is 14.3. The molecule has 0 bridgehead atoms. The summed E-state index contributed by atoms with van der Waals surface area (Å²) >= 11 is 0. The average molecular weight is 346 g/mol. The number of imide groups is 1. The Kier molecular flexibility index (Phi) is 3.59. The fourth-order valence-electron chi connectivity index (χ4n) is 4.63. The molecule has 0 radical (unpaired) electrons. The molecule has 4 nitrogen and oxygen atoms in total. The largest absolute Gasteiger partial charge is 0.363 e. The molecular weight excluding hydrogens is 324 g/mol. The summed E-state index contributed by atoms with van der Waals surface area (Å²) in [5.74, 6) is -0.205. The number of anilines is 1. The quantitative estimate of drug-likeness (QED) is 0.768. The van der Waals surface area contributed by atoms with Crippen LogP contribution in [0.1, 0.15) is 63.9 Å². The summed E-state index contributed by atoms with van der Waals surface area (Å²) in [6.07, 6.45) is 5.31. The number of benzene rings is 2. The second-order valence-corrected chi connectivity index (χ2v) is 7.63. The zero-order valence-corrected chi connectivity index (χ0v) is 14.8. The van der Waals surface area contributed by atoms with E-state index in [4.69, 9.17) is 0 Å². The van der Waals surface area contributed by atoms with E-state index in [9.17, 15) is 9.59 Å². The van der Waals surface area contributed by atoms with Gasteiger partial charge < -0.3 is 4.90 Å². The predicted molar refractivity (Wildman–Crippen MR) is 100 cm³/mol. The summed E-state index contributed by atoms with van der Waals surface area (Å²) in [5, 5.41) is 0. The Hall–Kier alpha value is -2.62. The minimum atomic E-state index is -0.104. The standard InChI is InChI=1S/C22H22N2O2/c25-21-19-11-10-18(23-13-15-6-4-5-7-16(15)14-23)12-20(19)22(26)24(21)17-8-2-1-3-9-17/h4-7,10-12,17H,1-3,8-9,13-14H2. The first-order chi connectivity index (χ1) is 12.7. The highest BCUT2D eigenvalue weighted by atomic mass is 16.2. The molecule has 0 saturated heterocycles. The molecular formula is C22H22N2O2. The second kappa shape index (κ2) is 5.97. The van der Waals surface area contributed by atoms with Crippen molar-refractivity contribution in [3.05, 3.63) is 64.7 Å². The van der Waals surface area contributed by atoms with Crippen LogP contribution in [-0.4, -0.2) is 22.8 Å². The van der Waals surface area contributed by atoms with Gasteiger partial charge in [-0.1, -0.05) is 43.5 Å². The molecule has 0 atom stereocenters. The van der Waals surface area contributed by atoms with Gasteiger partial charge in [0.15, 0.2) is 0 Å². The van der Waals surface area contributed by atoms with E-state index in [-0.39, 0.29) is 17.9 Å². The number of amides is 2. The van der Waals surface area contributed by atoms with Crippen LogP contribution in [0.15, 0.2) is 42.5 Å². The van der Waals surface area contributed by atoms with Crippen LogP contribution in [-0.2, 0) is 13.1 Å². The van der Waals surface area contributed by atoms with Gasteiger partial charge in [0.05, 0.1) is 11.1 Å². The highest BCUT2D eigenvalue weighted by molar-refractivity contribution is 6.22. The van der Waals surface area contributed by atoms with Gasteiger partial charge in [0.2, 0.25) is 0 Å². The van der Waals surface area contributed by atoms with E-state index in [0.29, 0.717) is 11.1 Å². The molecule has 4 heteroatoms. The summed E-state index contributed by atoms with van der Waals surface area (Å²) in [7, 11) is 0. The number of fused-ring (bicyclic) bond motifs is 2. The number of hydrogen-bond donors (Lipinski definition) is 0. The lowest BCUT2D eigenvalue weighted by Gasteiger charge is -2.29. The Morgan fingerprint density at radius 3 is 2.12 bits per heavy atom. The lowest BCUT2D eigenvalue weighted by Crippen LogP contribution is -2.40. The number of carbonyl (C=O) groups excluding carboxylic acids is 2. The van der Waals surface area contributed by atoms with Gasteiger partial charge >= 0.3 is 0 Å². The molecule has 0 unspecified atom stereocenters. The Labute approximate surface area is 153 Å². The SMILES string of the molecule is O=C1c2ccc(N3Cc4ccccc4C3)cc2C(=O)N1C1CCCCC1. The smallest absolute Gasteiger partial charge is 0.261 e. The number of carbonyl (C=O) groups is 2. The van der Waals surface area contributed by atoms with Crippen molar-refractivity contribution in [1.29, 1.82) is 0 Å². The third-order valence-electron chi connectivity index (χ3n) is 6.05. The van der Waals surface area contributed by atoms with Crippen molar-refractivity contribution in [2.75, 3.05) is 4.90 Å². The first-order valence-electron chi connectivity index (χ1n) is 9.56. The van der Waals surface area contributed by atoms with Crippen LogP contribution in [0.3, 0.4) is 0 Å². The number of nitrogens with zero attached hydrogens (tertiary/aromatic N) is 2. The lowest BCUT2D eigenvalue weighted by molar-refractivity contribution is 0.0549. The van der Waals surface area contributed by atoms with Gasteiger partial charge in [0, 0.05) is 24.8 Å². The maximum atomic E-state index is 13.0. The summed E-state index contributed by atoms with van der Waals surface area (Å²) in [6.45, 7) is 1.70. The van der Waals surface area contributed by atoms with Crippen LogP contribution >= 0.6 is 0 Å². The molecule has 2 aromatic carbocycles. The molecule has 26 heavy (non-hydrogen) atoms. The monoisotopic (exact) mass is 346 g/mol. The zero-order chi connectivity index (χ0) is 17.7. The van der Waals surface area contributed by atoms with E-state index >= 15 is 0 Å². The van der Waals surface area contributed by atoms with Crippen molar-refractivity contribution in [3.8, 4) is 0 Å². The highest BCUT2D eigenvalue weighted by Gasteiger charge is 2.40. The van der Waals surface area contributed by atoms with Crippen molar-refractivity contribution in [1.82, 2.24) is 4.90 Å². The van der Waals surface area contributed by atoms with Crippen LogP contribution in [0, 0.1) is 0 Å². The number of rotatable bonds is 2. The molecule has 2 amide bonds. The summed E-state index contributed by atoms with van der Waals surface area (Å²) in [5.41, 5.74) is 4.83. The molecule has 2 aromatic rings. The maximum Gasteiger partial charge on any atom is 0.261 e. The fraction of sp³-hybridized carbons (Fsp3) is 0.364. The molecule has 0 spiro atoms. The first kappa shape index (κ1) is 15.6. The van der Waals surface area contributed by atoms with Crippen molar-refractivity contribution < 1.29 is 9.59 Å². The van der Waals surface area contributed by atoms with E-state index in [1.165, 1.54) is 22.4 Å². The molecule has 5 rings (SSSR count). The topological polar surface area (TPSA) is 40.6 Å². The van der Waals surface area contributed by atoms with E-state index in [2.05, 4.69) is 29.2 Å². The maximum absolute atomic E-state index is 13.0. The van der Waals surface area contributed by atoms with Gasteiger partial charge in [-0.2, -0.15) is 0 Å². The Bertz CT molecular complexity index is 874. The molecule has 1 aliphatic carbocycles. The van der Waals surface area contributed by atoms with Crippen molar-refractivity contribution >= 4 is 17.5 Å². The molecule has 0 N–H and O–H groups in total. The normalized spacial score (nSPS) is 19.8. The van der Waals surface area contributed by atoms with E-state index in [1.807, 2.05) is 18.2 Å². The molecule has 0 aromatic heterocycles. The lowest BCUT2D eigenvalue weighted by atomic mass is 9.94. The van der Waals surface area contributed by atoms with Gasteiger partial charge in [-0.05, 0) is 42.2 Å². The third-order valence-corrected chi connectivity index (χ3v) is 6.05. The van der Waals surface area contributed by atoms with Crippen LogP contribution in [0.2, 0.25) is 0 Å². The van der Waals surface area contributed by atoms with E-state index in [1.54, 1.807) is 0 Å². The van der Waals surface area contributed by atoms with Crippen LogP contribution in [0.5, 0.6) is 0 Å². The molecule has 2 heterocycles. The minimum absolute atomic E-state index is 0.0793. The first-order valence-corrected chi connectivity index (χ1v) is 9.56. The second-order valence-electron chi connectivity index (χ2n) is 7.63. The number of hydrogen-bond acceptors (Lipinski definition) is 3. The molecule has 1 saturated carbocycles. The molecule has 3 aliphatic rings. The highest BCUT2D eigenvalue weighted by Crippen LogP contribution is 2.35. The zero-order valence-electron chi connectivity index (χ0n) is 14.8. The van der Waals surface area contributed by atoms with Gasteiger partial charge in [-0.15, -0.1) is 0 Å². The van der Waals surface area contributed by atoms with Crippen LogP contribution < -0.4 is 4.90 Å². The molecule has 132 valence electrons. The summed E-state index contributed by atoms with van der Waals surface area (Å²) < 4.78 is 0. The minimum Gasteiger partial charge on any atom is -0.363 e. The van der Waals surface area contributed by atoms with Gasteiger partial charge in [0.1, 0.15) is 0 Å². The van der Waals surface area contributed by atoms with Gasteiger partial charge in [-0.25, -0.2) is 0 Å². The van der Waals surface area contributed by atoms with Crippen LogP contribution in [0.25, 0.3) is 0 Å². The van der Waals surface area contributed by atoms with Gasteiger partial charge in [0.25, 0.3) is 11.8 Å². The van der Waals surface area contributed by atoms with E-state index < -0.39 is 0 Å². The van der Waals surface area contributed by atoms with Gasteiger partial charge in [-0.3, -0.25) is 14.5 Å². The average Bonchev–Trinajstić information content (AvgIpc) is 3.22. The van der Waals surface area contributed by atoms with Crippen LogP contribution in [0.4, 0.5) is 5.69 Å². The fourth-order valence-corrected chi connectivity index (χ4v) is 4.63. The van der Waals surface area contributed by atoms with Crippen molar-refractivity contribution in [2.45, 2.75) is 51.2 Å².